The van der Waals surface area contributed by atoms with Gasteiger partial charge >= 0.3 is 0 Å². The molecule has 0 saturated heterocycles. The van der Waals surface area contributed by atoms with Gasteiger partial charge < -0.3 is 5.32 Å². The van der Waals surface area contributed by atoms with Crippen LogP contribution >= 0.6 is 22.9 Å². The Morgan fingerprint density at radius 2 is 2.21 bits per heavy atom. The van der Waals surface area contributed by atoms with Crippen molar-refractivity contribution in [3.63, 3.8) is 0 Å². The molecule has 102 valence electrons. The van der Waals surface area contributed by atoms with E-state index in [2.05, 4.69) is 46.6 Å². The molecule has 0 amide bonds. The molecule has 0 fully saturated rings. The third-order valence-corrected chi connectivity index (χ3v) is 4.31. The number of halogens is 1. The second-order valence-corrected chi connectivity index (χ2v) is 5.70. The molecule has 0 aliphatic rings. The summed E-state index contributed by atoms with van der Waals surface area (Å²) in [6.45, 7) is 4.30. The van der Waals surface area contributed by atoms with Gasteiger partial charge in [-0.05, 0) is 24.3 Å². The van der Waals surface area contributed by atoms with Crippen molar-refractivity contribution in [2.75, 3.05) is 5.32 Å². The van der Waals surface area contributed by atoms with Gasteiger partial charge in [0.2, 0.25) is 0 Å². The second-order valence-electron chi connectivity index (χ2n) is 4.36. The Morgan fingerprint density at radius 3 is 2.84 bits per heavy atom. The van der Waals surface area contributed by atoms with Gasteiger partial charge in [0, 0.05) is 10.4 Å². The monoisotopic (exact) mass is 295 g/mol. The Labute approximate surface area is 123 Å². The molecular formula is C14H18ClN3S. The number of hydrogen-bond donors (Lipinski definition) is 1. The molecule has 1 unspecified atom stereocenters. The molecule has 1 N–H and O–H groups in total. The fraction of sp³-hybridized carbons (Fsp3) is 0.429. The molecule has 2 aromatic rings. The summed E-state index contributed by atoms with van der Waals surface area (Å²) in [5.41, 5.74) is 1.02. The number of thiophene rings is 1. The van der Waals surface area contributed by atoms with Crippen LogP contribution in [0.5, 0.6) is 0 Å². The summed E-state index contributed by atoms with van der Waals surface area (Å²) in [6.07, 6.45) is 4.44. The Kier molecular flexibility index (Phi) is 5.16. The Hall–Kier alpha value is -1.13. The number of hydrogen-bond acceptors (Lipinski definition) is 4. The fourth-order valence-electron chi connectivity index (χ4n) is 2.02. The normalized spacial score (nSPS) is 12.4. The molecular weight excluding hydrogens is 278 g/mol. The summed E-state index contributed by atoms with van der Waals surface area (Å²) in [6, 6.07) is 4.50. The predicted molar refractivity (Wildman–Crippen MR) is 82.0 cm³/mol. The van der Waals surface area contributed by atoms with Gasteiger partial charge in [-0.1, -0.05) is 37.9 Å². The first kappa shape index (κ1) is 14.3. The van der Waals surface area contributed by atoms with Crippen LogP contribution in [0.25, 0.3) is 0 Å². The second kappa shape index (κ2) is 6.87. The van der Waals surface area contributed by atoms with Crippen LogP contribution in [-0.4, -0.2) is 9.97 Å². The molecule has 5 heteroatoms. The lowest BCUT2D eigenvalue weighted by Gasteiger charge is -2.18. The first-order valence-corrected chi connectivity index (χ1v) is 7.81. The van der Waals surface area contributed by atoms with Gasteiger partial charge in [-0.3, -0.25) is 0 Å². The number of rotatable bonds is 6. The maximum absolute atomic E-state index is 6.17. The van der Waals surface area contributed by atoms with Gasteiger partial charge in [-0.2, -0.15) is 0 Å². The lowest BCUT2D eigenvalue weighted by Crippen LogP contribution is -2.12. The zero-order valence-electron chi connectivity index (χ0n) is 11.2. The topological polar surface area (TPSA) is 37.8 Å². The van der Waals surface area contributed by atoms with E-state index in [0.717, 1.165) is 30.6 Å². The molecule has 1 atom stereocenters. The third-order valence-electron chi connectivity index (χ3n) is 3.00. The average molecular weight is 296 g/mol. The van der Waals surface area contributed by atoms with Crippen LogP contribution < -0.4 is 5.32 Å². The maximum Gasteiger partial charge on any atom is 0.137 e. The molecule has 0 spiro atoms. The van der Waals surface area contributed by atoms with E-state index in [4.69, 9.17) is 11.6 Å². The van der Waals surface area contributed by atoms with Crippen LogP contribution in [0.2, 0.25) is 5.15 Å². The van der Waals surface area contributed by atoms with Gasteiger partial charge in [-0.25, -0.2) is 9.97 Å². The van der Waals surface area contributed by atoms with E-state index in [1.807, 2.05) is 0 Å². The van der Waals surface area contributed by atoms with Crippen molar-refractivity contribution in [3.8, 4) is 0 Å². The van der Waals surface area contributed by atoms with Gasteiger partial charge in [-0.15, -0.1) is 11.3 Å². The Balaban J connectivity index is 2.24. The van der Waals surface area contributed by atoms with E-state index in [1.54, 1.807) is 11.3 Å². The molecule has 0 aliphatic heterocycles. The summed E-state index contributed by atoms with van der Waals surface area (Å²) < 4.78 is 0. The van der Waals surface area contributed by atoms with Crippen LogP contribution in [0, 0.1) is 0 Å². The zero-order chi connectivity index (χ0) is 13.7. The smallest absolute Gasteiger partial charge is 0.137 e. The molecule has 0 saturated carbocycles. The number of nitrogens with zero attached hydrogens (tertiary/aromatic N) is 2. The van der Waals surface area contributed by atoms with Crippen LogP contribution in [0.3, 0.4) is 0 Å². The molecule has 3 nitrogen and oxygen atoms in total. The lowest BCUT2D eigenvalue weighted by atomic mass is 10.1. The van der Waals surface area contributed by atoms with Crippen molar-refractivity contribution in [2.24, 2.45) is 0 Å². The highest BCUT2D eigenvalue weighted by Gasteiger charge is 2.15. The molecule has 0 aromatic carbocycles. The SMILES string of the molecule is CCCc1c(Cl)ncnc1NC(CC)c1cccs1. The number of anilines is 1. The number of nitrogens with one attached hydrogen (secondary N) is 1. The van der Waals surface area contributed by atoms with E-state index in [-0.39, 0.29) is 6.04 Å². The largest absolute Gasteiger partial charge is 0.362 e. The molecule has 19 heavy (non-hydrogen) atoms. The Morgan fingerprint density at radius 1 is 1.37 bits per heavy atom. The molecule has 0 bridgehead atoms. The lowest BCUT2D eigenvalue weighted by molar-refractivity contribution is 0.752. The van der Waals surface area contributed by atoms with E-state index in [9.17, 15) is 0 Å². The van der Waals surface area contributed by atoms with Crippen LogP contribution in [0.15, 0.2) is 23.8 Å². The van der Waals surface area contributed by atoms with Crippen molar-refractivity contribution >= 4 is 28.8 Å². The maximum atomic E-state index is 6.17. The fourth-order valence-corrected chi connectivity index (χ4v) is 3.10. The molecule has 0 aliphatic carbocycles. The van der Waals surface area contributed by atoms with Crippen molar-refractivity contribution in [2.45, 2.75) is 39.2 Å². The van der Waals surface area contributed by atoms with Gasteiger partial charge in [0.05, 0.1) is 6.04 Å². The molecule has 0 radical (unpaired) electrons. The number of aromatic nitrogens is 2. The summed E-state index contributed by atoms with van der Waals surface area (Å²) in [7, 11) is 0. The van der Waals surface area contributed by atoms with Crippen LogP contribution in [-0.2, 0) is 6.42 Å². The van der Waals surface area contributed by atoms with E-state index in [1.165, 1.54) is 11.2 Å². The summed E-state index contributed by atoms with van der Waals surface area (Å²) in [4.78, 5) is 9.74. The van der Waals surface area contributed by atoms with Crippen molar-refractivity contribution in [1.29, 1.82) is 0 Å². The summed E-state index contributed by atoms with van der Waals surface area (Å²) >= 11 is 7.93. The third kappa shape index (κ3) is 3.45. The Bertz CT molecular complexity index is 513. The van der Waals surface area contributed by atoms with E-state index < -0.39 is 0 Å². The quantitative estimate of drug-likeness (QED) is 0.784. The highest BCUT2D eigenvalue weighted by Crippen LogP contribution is 2.29. The van der Waals surface area contributed by atoms with Gasteiger partial charge in [0.15, 0.2) is 0 Å². The molecule has 2 rings (SSSR count). The average Bonchev–Trinajstić information content (AvgIpc) is 2.93. The highest BCUT2D eigenvalue weighted by molar-refractivity contribution is 7.10. The minimum absolute atomic E-state index is 0.279. The zero-order valence-corrected chi connectivity index (χ0v) is 12.8. The first-order valence-electron chi connectivity index (χ1n) is 6.55. The van der Waals surface area contributed by atoms with Gasteiger partial charge in [0.25, 0.3) is 0 Å². The summed E-state index contributed by atoms with van der Waals surface area (Å²) in [5, 5.41) is 6.15. The summed E-state index contributed by atoms with van der Waals surface area (Å²) in [5.74, 6) is 0.863. The van der Waals surface area contributed by atoms with E-state index in [0.29, 0.717) is 5.15 Å². The van der Waals surface area contributed by atoms with Gasteiger partial charge in [0.1, 0.15) is 17.3 Å². The first-order chi connectivity index (χ1) is 9.26. The minimum Gasteiger partial charge on any atom is -0.362 e. The van der Waals surface area contributed by atoms with Crippen molar-refractivity contribution in [3.05, 3.63) is 39.4 Å². The predicted octanol–water partition coefficient (Wildman–Crippen LogP) is 4.71. The van der Waals surface area contributed by atoms with Crippen molar-refractivity contribution in [1.82, 2.24) is 9.97 Å². The molecule has 2 heterocycles. The molecule has 2 aromatic heterocycles. The minimum atomic E-state index is 0.279. The van der Waals surface area contributed by atoms with Crippen LogP contribution in [0.1, 0.15) is 43.2 Å². The van der Waals surface area contributed by atoms with Crippen LogP contribution in [0.4, 0.5) is 5.82 Å². The van der Waals surface area contributed by atoms with Crippen molar-refractivity contribution < 1.29 is 0 Å². The highest BCUT2D eigenvalue weighted by atomic mass is 35.5. The van der Waals surface area contributed by atoms with E-state index >= 15 is 0 Å². The standard InChI is InChI=1S/C14H18ClN3S/c1-3-6-10-13(15)16-9-17-14(10)18-11(4-2)12-7-5-8-19-12/h5,7-9,11H,3-4,6H2,1-2H3,(H,16,17,18).